The molecule has 1 unspecified atom stereocenters. The highest BCUT2D eigenvalue weighted by atomic mass is 16.5. The molecular formula is C27H33N3O5. The van der Waals surface area contributed by atoms with Crippen LogP contribution in [0.5, 0.6) is 17.2 Å². The van der Waals surface area contributed by atoms with Crippen LogP contribution in [0.15, 0.2) is 42.5 Å². The van der Waals surface area contributed by atoms with E-state index < -0.39 is 0 Å². The first kappa shape index (κ1) is 24.4. The highest BCUT2D eigenvalue weighted by Gasteiger charge is 2.30. The van der Waals surface area contributed by atoms with Gasteiger partial charge >= 0.3 is 0 Å². The van der Waals surface area contributed by atoms with E-state index in [1.165, 1.54) is 0 Å². The van der Waals surface area contributed by atoms with E-state index in [1.54, 1.807) is 27.4 Å². The Morgan fingerprint density at radius 2 is 1.69 bits per heavy atom. The number of H-pyrrole nitrogens is 1. The summed E-state index contributed by atoms with van der Waals surface area (Å²) in [6, 6.07) is 13.1. The number of likely N-dealkylation sites (tertiary alicyclic amines) is 1. The number of fused-ring (bicyclic) bond motifs is 1. The lowest BCUT2D eigenvalue weighted by molar-refractivity contribution is -0.126. The topological polar surface area (TPSA) is 92.9 Å². The standard InChI is InChI=1S/C27H33N3O5/c1-17(26(31)28-16-20-6-8-22(34-3)15-25(20)35-4)18-9-11-30(12-10-18)27(32)24-13-19-5-7-21(33-2)14-23(19)29-24/h5-8,13-15,17-18,29H,9-12,16H2,1-4H3,(H,28,31). The van der Waals surface area contributed by atoms with E-state index in [9.17, 15) is 9.59 Å². The summed E-state index contributed by atoms with van der Waals surface area (Å²) in [7, 11) is 4.83. The van der Waals surface area contributed by atoms with Gasteiger partial charge in [-0.15, -0.1) is 0 Å². The first-order valence-corrected chi connectivity index (χ1v) is 11.9. The average molecular weight is 480 g/mol. The first-order valence-electron chi connectivity index (χ1n) is 11.9. The molecule has 1 fully saturated rings. The van der Waals surface area contributed by atoms with Gasteiger partial charge in [-0.2, -0.15) is 0 Å². The number of methoxy groups -OCH3 is 3. The fourth-order valence-corrected chi connectivity index (χ4v) is 4.68. The van der Waals surface area contributed by atoms with Crippen molar-refractivity contribution in [3.8, 4) is 17.2 Å². The van der Waals surface area contributed by atoms with Crippen molar-refractivity contribution in [2.75, 3.05) is 34.4 Å². The SMILES string of the molecule is COc1ccc(CNC(=O)C(C)C2CCN(C(=O)c3cc4ccc(OC)cc4[nH]3)CC2)c(OC)c1. The Balaban J connectivity index is 1.31. The normalized spacial score (nSPS) is 15.0. The molecule has 186 valence electrons. The van der Waals surface area contributed by atoms with Crippen molar-refractivity contribution in [2.45, 2.75) is 26.3 Å². The highest BCUT2D eigenvalue weighted by molar-refractivity contribution is 5.98. The van der Waals surface area contributed by atoms with E-state index in [4.69, 9.17) is 14.2 Å². The minimum Gasteiger partial charge on any atom is -0.497 e. The van der Waals surface area contributed by atoms with Gasteiger partial charge in [0, 0.05) is 54.2 Å². The predicted octanol–water partition coefficient (Wildman–Crippen LogP) is 4.00. The fourth-order valence-electron chi connectivity index (χ4n) is 4.68. The van der Waals surface area contributed by atoms with Gasteiger partial charge in [0.1, 0.15) is 22.9 Å². The molecule has 1 aromatic heterocycles. The van der Waals surface area contributed by atoms with Gasteiger partial charge in [-0.1, -0.05) is 6.92 Å². The fraction of sp³-hybridized carbons (Fsp3) is 0.407. The van der Waals surface area contributed by atoms with E-state index in [0.717, 1.165) is 35.1 Å². The van der Waals surface area contributed by atoms with Crippen molar-refractivity contribution < 1.29 is 23.8 Å². The monoisotopic (exact) mass is 479 g/mol. The highest BCUT2D eigenvalue weighted by Crippen LogP contribution is 2.28. The number of rotatable bonds is 8. The molecule has 35 heavy (non-hydrogen) atoms. The van der Waals surface area contributed by atoms with Gasteiger partial charge in [-0.05, 0) is 49.1 Å². The van der Waals surface area contributed by atoms with Crippen LogP contribution in [0.2, 0.25) is 0 Å². The van der Waals surface area contributed by atoms with Crippen LogP contribution in [-0.2, 0) is 11.3 Å². The maximum Gasteiger partial charge on any atom is 0.270 e. The Morgan fingerprint density at radius 1 is 1.00 bits per heavy atom. The predicted molar refractivity (Wildman–Crippen MR) is 134 cm³/mol. The van der Waals surface area contributed by atoms with Gasteiger partial charge in [0.15, 0.2) is 0 Å². The van der Waals surface area contributed by atoms with Crippen LogP contribution in [0.25, 0.3) is 10.9 Å². The van der Waals surface area contributed by atoms with Crippen molar-refractivity contribution in [2.24, 2.45) is 11.8 Å². The molecule has 0 radical (unpaired) electrons. The molecule has 1 aliphatic heterocycles. The number of nitrogens with zero attached hydrogens (tertiary/aromatic N) is 1. The number of amides is 2. The molecule has 0 saturated carbocycles. The van der Waals surface area contributed by atoms with E-state index in [-0.39, 0.29) is 23.7 Å². The summed E-state index contributed by atoms with van der Waals surface area (Å²) >= 11 is 0. The molecule has 3 aromatic rings. The maximum absolute atomic E-state index is 13.1. The quantitative estimate of drug-likeness (QED) is 0.510. The third-order valence-electron chi connectivity index (χ3n) is 6.95. The summed E-state index contributed by atoms with van der Waals surface area (Å²) in [6.07, 6.45) is 1.58. The average Bonchev–Trinajstić information content (AvgIpc) is 3.34. The summed E-state index contributed by atoms with van der Waals surface area (Å²) in [5.74, 6) is 2.22. The molecule has 2 aromatic carbocycles. The van der Waals surface area contributed by atoms with Crippen molar-refractivity contribution >= 4 is 22.7 Å². The molecule has 0 spiro atoms. The number of carbonyl (C=O) groups is 2. The van der Waals surface area contributed by atoms with Crippen LogP contribution in [0, 0.1) is 11.8 Å². The minimum atomic E-state index is -0.142. The molecule has 2 amide bonds. The number of aromatic amines is 1. The number of ether oxygens (including phenoxy) is 3. The van der Waals surface area contributed by atoms with E-state index >= 15 is 0 Å². The Hall–Kier alpha value is -3.68. The van der Waals surface area contributed by atoms with Crippen LogP contribution >= 0.6 is 0 Å². The van der Waals surface area contributed by atoms with Gasteiger partial charge in [-0.25, -0.2) is 0 Å². The van der Waals surface area contributed by atoms with Crippen LogP contribution in [0.3, 0.4) is 0 Å². The molecule has 2 heterocycles. The Morgan fingerprint density at radius 3 is 2.37 bits per heavy atom. The van der Waals surface area contributed by atoms with Gasteiger partial charge in [0.05, 0.1) is 21.3 Å². The van der Waals surface area contributed by atoms with Crippen molar-refractivity contribution in [1.29, 1.82) is 0 Å². The van der Waals surface area contributed by atoms with Crippen LogP contribution in [0.4, 0.5) is 0 Å². The Kier molecular flexibility index (Phi) is 7.48. The molecule has 8 nitrogen and oxygen atoms in total. The molecular weight excluding hydrogens is 446 g/mol. The second kappa shape index (κ2) is 10.7. The summed E-state index contributed by atoms with van der Waals surface area (Å²) in [6.45, 7) is 3.62. The van der Waals surface area contributed by atoms with E-state index in [0.29, 0.717) is 36.8 Å². The lowest BCUT2D eigenvalue weighted by atomic mass is 9.84. The smallest absolute Gasteiger partial charge is 0.270 e. The third-order valence-corrected chi connectivity index (χ3v) is 6.95. The zero-order valence-electron chi connectivity index (χ0n) is 20.7. The number of hydrogen-bond acceptors (Lipinski definition) is 5. The molecule has 8 heteroatoms. The zero-order valence-corrected chi connectivity index (χ0v) is 20.7. The Labute approximate surface area is 205 Å². The summed E-state index contributed by atoms with van der Waals surface area (Å²) in [4.78, 5) is 31.0. The molecule has 0 bridgehead atoms. The number of hydrogen-bond donors (Lipinski definition) is 2. The number of aromatic nitrogens is 1. The largest absolute Gasteiger partial charge is 0.497 e. The second-order valence-electron chi connectivity index (χ2n) is 8.95. The van der Waals surface area contributed by atoms with E-state index in [2.05, 4.69) is 10.3 Å². The maximum atomic E-state index is 13.1. The third kappa shape index (κ3) is 5.37. The number of carbonyl (C=O) groups excluding carboxylic acids is 2. The molecule has 1 aliphatic rings. The van der Waals surface area contributed by atoms with Crippen molar-refractivity contribution in [3.05, 3.63) is 53.7 Å². The molecule has 1 saturated heterocycles. The first-order chi connectivity index (χ1) is 16.9. The van der Waals surface area contributed by atoms with Crippen molar-refractivity contribution in [3.63, 3.8) is 0 Å². The molecule has 0 aliphatic carbocycles. The van der Waals surface area contributed by atoms with Crippen molar-refractivity contribution in [1.82, 2.24) is 15.2 Å². The number of nitrogens with one attached hydrogen (secondary N) is 2. The molecule has 1 atom stereocenters. The zero-order chi connectivity index (χ0) is 24.9. The minimum absolute atomic E-state index is 0.0113. The van der Waals surface area contributed by atoms with Gasteiger partial charge in [0.25, 0.3) is 5.91 Å². The second-order valence-corrected chi connectivity index (χ2v) is 8.95. The molecule has 4 rings (SSSR count). The van der Waals surface area contributed by atoms with Gasteiger partial charge in [-0.3, -0.25) is 9.59 Å². The number of benzene rings is 2. The van der Waals surface area contributed by atoms with Gasteiger partial charge < -0.3 is 29.4 Å². The lowest BCUT2D eigenvalue weighted by Gasteiger charge is -2.34. The summed E-state index contributed by atoms with van der Waals surface area (Å²) in [5.41, 5.74) is 2.34. The van der Waals surface area contributed by atoms with Gasteiger partial charge in [0.2, 0.25) is 5.91 Å². The number of piperidine rings is 1. The lowest BCUT2D eigenvalue weighted by Crippen LogP contribution is -2.42. The van der Waals surface area contributed by atoms with Crippen LogP contribution < -0.4 is 19.5 Å². The van der Waals surface area contributed by atoms with E-state index in [1.807, 2.05) is 48.2 Å². The van der Waals surface area contributed by atoms with Crippen LogP contribution in [0.1, 0.15) is 35.8 Å². The van der Waals surface area contributed by atoms with Crippen LogP contribution in [-0.4, -0.2) is 56.1 Å². The Bertz CT molecular complexity index is 1200. The molecule has 2 N–H and O–H groups in total. The summed E-state index contributed by atoms with van der Waals surface area (Å²) < 4.78 is 15.9. The summed E-state index contributed by atoms with van der Waals surface area (Å²) in [5, 5.41) is 4.01.